The molecule has 1 unspecified atom stereocenters. The topological polar surface area (TPSA) is 61.4 Å². The number of carbonyl (C=O) groups excluding carboxylic acids is 1. The number of hydrogen-bond donors (Lipinski definition) is 3. The third kappa shape index (κ3) is 3.45. The van der Waals surface area contributed by atoms with Gasteiger partial charge in [-0.2, -0.15) is 0 Å². The summed E-state index contributed by atoms with van der Waals surface area (Å²) >= 11 is 1.51. The van der Waals surface area contributed by atoms with E-state index in [9.17, 15) is 9.90 Å². The Bertz CT molecular complexity index is 274. The van der Waals surface area contributed by atoms with Crippen molar-refractivity contribution in [3.05, 3.63) is 22.4 Å². The average Bonchev–Trinajstić information content (AvgIpc) is 2.70. The number of thiophene rings is 1. The highest BCUT2D eigenvalue weighted by molar-refractivity contribution is 7.10. The van der Waals surface area contributed by atoms with Gasteiger partial charge in [0.2, 0.25) is 5.91 Å². The van der Waals surface area contributed by atoms with Crippen molar-refractivity contribution in [3.63, 3.8) is 0 Å². The van der Waals surface area contributed by atoms with E-state index in [-0.39, 0.29) is 12.5 Å². The molecule has 1 aromatic heterocycles. The molecule has 0 aliphatic rings. The maximum absolute atomic E-state index is 10.8. The van der Waals surface area contributed by atoms with Crippen LogP contribution in [0.4, 0.5) is 0 Å². The molecule has 78 valence electrons. The average molecular weight is 214 g/mol. The molecule has 0 aliphatic carbocycles. The van der Waals surface area contributed by atoms with Crippen molar-refractivity contribution in [1.29, 1.82) is 0 Å². The Balaban J connectivity index is 2.22. The van der Waals surface area contributed by atoms with Crippen molar-refractivity contribution < 1.29 is 9.90 Å². The lowest BCUT2D eigenvalue weighted by molar-refractivity contribution is -0.119. The summed E-state index contributed by atoms with van der Waals surface area (Å²) in [5, 5.41) is 16.9. The van der Waals surface area contributed by atoms with E-state index in [4.69, 9.17) is 0 Å². The van der Waals surface area contributed by atoms with Crippen LogP contribution in [0.15, 0.2) is 17.5 Å². The minimum absolute atomic E-state index is 0.0802. The van der Waals surface area contributed by atoms with Gasteiger partial charge in [0.15, 0.2) is 0 Å². The second-order valence-corrected chi connectivity index (χ2v) is 3.81. The molecule has 1 atom stereocenters. The number of aliphatic hydroxyl groups excluding tert-OH is 1. The molecule has 0 bridgehead atoms. The minimum atomic E-state index is -0.528. The molecule has 0 spiro atoms. The molecule has 0 aromatic carbocycles. The third-order valence-electron chi connectivity index (χ3n) is 1.77. The Morgan fingerprint density at radius 2 is 2.50 bits per heavy atom. The van der Waals surface area contributed by atoms with Gasteiger partial charge in [-0.05, 0) is 11.4 Å². The molecule has 14 heavy (non-hydrogen) atoms. The Morgan fingerprint density at radius 1 is 1.71 bits per heavy atom. The first kappa shape index (κ1) is 11.2. The zero-order valence-corrected chi connectivity index (χ0v) is 8.80. The van der Waals surface area contributed by atoms with Crippen LogP contribution in [0, 0.1) is 0 Å². The summed E-state index contributed by atoms with van der Waals surface area (Å²) in [5.74, 6) is -0.0802. The summed E-state index contributed by atoms with van der Waals surface area (Å²) in [7, 11) is 1.58. The molecule has 1 amide bonds. The van der Waals surface area contributed by atoms with Gasteiger partial charge >= 0.3 is 0 Å². The van der Waals surface area contributed by atoms with Crippen molar-refractivity contribution in [2.75, 3.05) is 20.1 Å². The fourth-order valence-electron chi connectivity index (χ4n) is 0.992. The van der Waals surface area contributed by atoms with Gasteiger partial charge in [-0.15, -0.1) is 11.3 Å². The van der Waals surface area contributed by atoms with Gasteiger partial charge in [0.1, 0.15) is 6.10 Å². The molecule has 0 saturated heterocycles. The molecule has 0 radical (unpaired) electrons. The van der Waals surface area contributed by atoms with Crippen molar-refractivity contribution in [3.8, 4) is 0 Å². The highest BCUT2D eigenvalue weighted by Gasteiger charge is 2.07. The van der Waals surface area contributed by atoms with E-state index >= 15 is 0 Å². The highest BCUT2D eigenvalue weighted by atomic mass is 32.1. The lowest BCUT2D eigenvalue weighted by atomic mass is 10.3. The second-order valence-electron chi connectivity index (χ2n) is 2.84. The van der Waals surface area contributed by atoms with Gasteiger partial charge in [0.05, 0.1) is 6.54 Å². The Labute approximate surface area is 87.0 Å². The Kier molecular flexibility index (Phi) is 4.58. The van der Waals surface area contributed by atoms with Crippen LogP contribution in [0.25, 0.3) is 0 Å². The quantitative estimate of drug-likeness (QED) is 0.652. The lowest BCUT2D eigenvalue weighted by Crippen LogP contribution is -2.33. The fraction of sp³-hybridized carbons (Fsp3) is 0.444. The number of carbonyl (C=O) groups is 1. The van der Waals surface area contributed by atoms with Gasteiger partial charge in [0.25, 0.3) is 0 Å². The zero-order chi connectivity index (χ0) is 10.4. The predicted molar refractivity (Wildman–Crippen MR) is 56.2 cm³/mol. The van der Waals surface area contributed by atoms with Crippen LogP contribution in [0.3, 0.4) is 0 Å². The second kappa shape index (κ2) is 5.74. The van der Waals surface area contributed by atoms with E-state index in [1.165, 1.54) is 11.3 Å². The number of nitrogens with one attached hydrogen (secondary N) is 2. The SMILES string of the molecule is CNC(=O)CNCC(O)c1cccs1. The molecule has 1 rings (SSSR count). The first-order valence-electron chi connectivity index (χ1n) is 4.37. The van der Waals surface area contributed by atoms with Crippen LogP contribution in [0.2, 0.25) is 0 Å². The monoisotopic (exact) mass is 214 g/mol. The van der Waals surface area contributed by atoms with Crippen molar-refractivity contribution in [2.45, 2.75) is 6.10 Å². The van der Waals surface area contributed by atoms with Gasteiger partial charge in [-0.3, -0.25) is 4.79 Å². The number of amides is 1. The molecule has 3 N–H and O–H groups in total. The molecule has 1 aromatic rings. The third-order valence-corrected chi connectivity index (χ3v) is 2.75. The van der Waals surface area contributed by atoms with E-state index in [1.54, 1.807) is 7.05 Å². The summed E-state index contributed by atoms with van der Waals surface area (Å²) < 4.78 is 0. The lowest BCUT2D eigenvalue weighted by Gasteiger charge is -2.09. The highest BCUT2D eigenvalue weighted by Crippen LogP contribution is 2.17. The van der Waals surface area contributed by atoms with E-state index in [0.717, 1.165) is 4.88 Å². The first-order chi connectivity index (χ1) is 6.74. The molecule has 4 nitrogen and oxygen atoms in total. The maximum Gasteiger partial charge on any atom is 0.233 e. The first-order valence-corrected chi connectivity index (χ1v) is 5.24. The largest absolute Gasteiger partial charge is 0.386 e. The standard InChI is InChI=1S/C9H14N2O2S/c1-10-9(13)6-11-5-7(12)8-3-2-4-14-8/h2-4,7,11-12H,5-6H2,1H3,(H,10,13). The number of aliphatic hydroxyl groups is 1. The van der Waals surface area contributed by atoms with Gasteiger partial charge in [-0.25, -0.2) is 0 Å². The normalized spacial score (nSPS) is 12.4. The molecule has 5 heteroatoms. The van der Waals surface area contributed by atoms with Crippen molar-refractivity contribution in [2.24, 2.45) is 0 Å². The van der Waals surface area contributed by atoms with Crippen LogP contribution in [0.5, 0.6) is 0 Å². The molecule has 0 saturated carbocycles. The molecule has 0 aliphatic heterocycles. The van der Waals surface area contributed by atoms with Crippen LogP contribution in [-0.4, -0.2) is 31.2 Å². The van der Waals surface area contributed by atoms with Crippen LogP contribution in [-0.2, 0) is 4.79 Å². The Hall–Kier alpha value is -0.910. The van der Waals surface area contributed by atoms with Crippen LogP contribution in [0.1, 0.15) is 11.0 Å². The number of likely N-dealkylation sites (N-methyl/N-ethyl adjacent to an activating group) is 1. The van der Waals surface area contributed by atoms with E-state index in [1.807, 2.05) is 17.5 Å². The van der Waals surface area contributed by atoms with E-state index in [0.29, 0.717) is 6.54 Å². The van der Waals surface area contributed by atoms with E-state index < -0.39 is 6.10 Å². The summed E-state index contributed by atoms with van der Waals surface area (Å²) in [6, 6.07) is 3.76. The van der Waals surface area contributed by atoms with Gasteiger partial charge in [-0.1, -0.05) is 6.07 Å². The van der Waals surface area contributed by atoms with Gasteiger partial charge in [0, 0.05) is 18.5 Å². The molecule has 1 heterocycles. The smallest absolute Gasteiger partial charge is 0.233 e. The van der Waals surface area contributed by atoms with Gasteiger partial charge < -0.3 is 15.7 Å². The molecular formula is C9H14N2O2S. The minimum Gasteiger partial charge on any atom is -0.386 e. The maximum atomic E-state index is 10.8. The summed E-state index contributed by atoms with van der Waals surface area (Å²) in [6.45, 7) is 0.632. The number of rotatable bonds is 5. The number of hydrogen-bond acceptors (Lipinski definition) is 4. The van der Waals surface area contributed by atoms with E-state index in [2.05, 4.69) is 10.6 Å². The summed E-state index contributed by atoms with van der Waals surface area (Å²) in [4.78, 5) is 11.7. The Morgan fingerprint density at radius 3 is 3.07 bits per heavy atom. The van der Waals surface area contributed by atoms with Crippen molar-refractivity contribution >= 4 is 17.2 Å². The molecule has 0 fully saturated rings. The summed E-state index contributed by atoms with van der Waals surface area (Å²) in [5.41, 5.74) is 0. The zero-order valence-electron chi connectivity index (χ0n) is 7.99. The predicted octanol–water partition coefficient (Wildman–Crippen LogP) is 0.117. The summed E-state index contributed by atoms with van der Waals surface area (Å²) in [6.07, 6.45) is -0.528. The van der Waals surface area contributed by atoms with Crippen LogP contribution < -0.4 is 10.6 Å². The van der Waals surface area contributed by atoms with Crippen molar-refractivity contribution in [1.82, 2.24) is 10.6 Å². The fourth-order valence-corrected chi connectivity index (χ4v) is 1.70. The molecular weight excluding hydrogens is 200 g/mol. The van der Waals surface area contributed by atoms with Crippen LogP contribution >= 0.6 is 11.3 Å².